The van der Waals surface area contributed by atoms with Crippen molar-refractivity contribution in [1.29, 1.82) is 0 Å². The van der Waals surface area contributed by atoms with Crippen molar-refractivity contribution in [2.75, 3.05) is 10.6 Å². The molecule has 4 nitrogen and oxygen atoms in total. The smallest absolute Gasteiger partial charge is 0.163 e. The second kappa shape index (κ2) is 5.66. The molecule has 2 aromatic rings. The lowest BCUT2D eigenvalue weighted by atomic mass is 9.73. The van der Waals surface area contributed by atoms with Crippen LogP contribution in [0, 0.1) is 5.41 Å². The van der Waals surface area contributed by atoms with E-state index in [9.17, 15) is 9.90 Å². The zero-order chi connectivity index (χ0) is 17.6. The molecular formula is C21H22N2O2. The van der Waals surface area contributed by atoms with Crippen molar-refractivity contribution < 1.29 is 9.90 Å². The standard InChI is InChI=1S/C21H22N2O2/c1-21(2)11-16-19(18(25)12-21)20(13-7-3-6-10-17(13)24)23-15-9-5-4-8-14(15)22-16/h3-10,20,22-24H,11-12H2,1-2H3. The number of para-hydroxylation sites is 3. The number of fused-ring (bicyclic) bond motifs is 1. The Morgan fingerprint density at radius 2 is 1.68 bits per heavy atom. The summed E-state index contributed by atoms with van der Waals surface area (Å²) in [4.78, 5) is 13.0. The van der Waals surface area contributed by atoms with E-state index in [1.54, 1.807) is 12.1 Å². The lowest BCUT2D eigenvalue weighted by Gasteiger charge is -2.34. The first-order valence-electron chi connectivity index (χ1n) is 8.61. The Hall–Kier alpha value is -2.75. The second-order valence-corrected chi connectivity index (χ2v) is 7.64. The van der Waals surface area contributed by atoms with Crippen LogP contribution in [0.1, 0.15) is 38.3 Å². The number of carbonyl (C=O) groups excluding carboxylic acids is 1. The number of phenols is 1. The topological polar surface area (TPSA) is 61.4 Å². The van der Waals surface area contributed by atoms with E-state index < -0.39 is 0 Å². The van der Waals surface area contributed by atoms with E-state index in [4.69, 9.17) is 0 Å². The van der Waals surface area contributed by atoms with Crippen LogP contribution < -0.4 is 10.6 Å². The molecular weight excluding hydrogens is 312 g/mol. The average molecular weight is 334 g/mol. The van der Waals surface area contributed by atoms with E-state index in [2.05, 4.69) is 24.5 Å². The minimum absolute atomic E-state index is 0.0779. The van der Waals surface area contributed by atoms with Crippen LogP contribution in [0.2, 0.25) is 0 Å². The fourth-order valence-corrected chi connectivity index (χ4v) is 3.85. The van der Waals surface area contributed by atoms with Crippen molar-refractivity contribution in [3.63, 3.8) is 0 Å². The molecule has 3 N–H and O–H groups in total. The van der Waals surface area contributed by atoms with Crippen molar-refractivity contribution in [3.05, 3.63) is 65.4 Å². The second-order valence-electron chi connectivity index (χ2n) is 7.64. The molecule has 1 unspecified atom stereocenters. The molecule has 25 heavy (non-hydrogen) atoms. The summed E-state index contributed by atoms with van der Waals surface area (Å²) in [7, 11) is 0. The Morgan fingerprint density at radius 1 is 1.00 bits per heavy atom. The molecule has 0 amide bonds. The molecule has 4 rings (SSSR count). The van der Waals surface area contributed by atoms with Gasteiger partial charge in [-0.1, -0.05) is 44.2 Å². The molecule has 0 saturated heterocycles. The molecule has 0 radical (unpaired) electrons. The van der Waals surface area contributed by atoms with Gasteiger partial charge in [-0.15, -0.1) is 0 Å². The molecule has 0 aromatic heterocycles. The van der Waals surface area contributed by atoms with Gasteiger partial charge in [0.15, 0.2) is 5.78 Å². The molecule has 128 valence electrons. The number of carbonyl (C=O) groups is 1. The zero-order valence-electron chi connectivity index (χ0n) is 14.5. The first kappa shape index (κ1) is 15.8. The first-order valence-corrected chi connectivity index (χ1v) is 8.61. The van der Waals surface area contributed by atoms with Crippen LogP contribution in [-0.2, 0) is 4.79 Å². The van der Waals surface area contributed by atoms with Crippen LogP contribution in [-0.4, -0.2) is 10.9 Å². The van der Waals surface area contributed by atoms with Crippen LogP contribution in [0.4, 0.5) is 11.4 Å². The van der Waals surface area contributed by atoms with Crippen molar-refractivity contribution in [2.24, 2.45) is 5.41 Å². The lowest BCUT2D eigenvalue weighted by molar-refractivity contribution is -0.118. The predicted molar refractivity (Wildman–Crippen MR) is 99.6 cm³/mol. The summed E-state index contributed by atoms with van der Waals surface area (Å²) in [5.74, 6) is 0.330. The summed E-state index contributed by atoms with van der Waals surface area (Å²) in [5.41, 5.74) is 4.21. The van der Waals surface area contributed by atoms with Crippen molar-refractivity contribution in [2.45, 2.75) is 32.7 Å². The Balaban J connectivity index is 1.92. The van der Waals surface area contributed by atoms with Gasteiger partial charge in [-0.3, -0.25) is 4.79 Å². The maximum atomic E-state index is 13.0. The van der Waals surface area contributed by atoms with E-state index in [0.717, 1.165) is 34.6 Å². The number of benzene rings is 2. The van der Waals surface area contributed by atoms with E-state index in [1.807, 2.05) is 36.4 Å². The maximum absolute atomic E-state index is 13.0. The molecule has 1 aliphatic heterocycles. The van der Waals surface area contributed by atoms with Gasteiger partial charge in [0.05, 0.1) is 17.4 Å². The van der Waals surface area contributed by atoms with Gasteiger partial charge in [-0.25, -0.2) is 0 Å². The van der Waals surface area contributed by atoms with Crippen LogP contribution in [0.25, 0.3) is 0 Å². The number of anilines is 2. The fourth-order valence-electron chi connectivity index (χ4n) is 3.85. The Kier molecular flexibility index (Phi) is 3.57. The molecule has 0 spiro atoms. The zero-order valence-corrected chi connectivity index (χ0v) is 14.5. The third-order valence-corrected chi connectivity index (χ3v) is 4.97. The van der Waals surface area contributed by atoms with Gasteiger partial charge in [0.1, 0.15) is 5.75 Å². The highest BCUT2D eigenvalue weighted by atomic mass is 16.3. The lowest BCUT2D eigenvalue weighted by Crippen LogP contribution is -2.31. The number of hydrogen-bond donors (Lipinski definition) is 3. The summed E-state index contributed by atoms with van der Waals surface area (Å²) in [6.45, 7) is 4.24. The SMILES string of the molecule is CC1(C)CC(=O)C2=C(C1)Nc1ccccc1NC2c1ccccc1O. The molecule has 1 aliphatic carbocycles. The van der Waals surface area contributed by atoms with Gasteiger partial charge in [0.25, 0.3) is 0 Å². The molecule has 0 bridgehead atoms. The van der Waals surface area contributed by atoms with Crippen LogP contribution >= 0.6 is 0 Å². The third-order valence-electron chi connectivity index (χ3n) is 4.97. The maximum Gasteiger partial charge on any atom is 0.163 e. The number of nitrogens with one attached hydrogen (secondary N) is 2. The normalized spacial score (nSPS) is 21.5. The summed E-state index contributed by atoms with van der Waals surface area (Å²) in [6.07, 6.45) is 1.31. The Bertz CT molecular complexity index is 883. The highest BCUT2D eigenvalue weighted by molar-refractivity contribution is 6.01. The van der Waals surface area contributed by atoms with Gasteiger partial charge < -0.3 is 15.7 Å². The van der Waals surface area contributed by atoms with Gasteiger partial charge in [0.2, 0.25) is 0 Å². The minimum Gasteiger partial charge on any atom is -0.508 e. The van der Waals surface area contributed by atoms with Crippen LogP contribution in [0.3, 0.4) is 0 Å². The molecule has 2 aliphatic rings. The number of rotatable bonds is 1. The van der Waals surface area contributed by atoms with Crippen LogP contribution in [0.15, 0.2) is 59.8 Å². The number of allylic oxidation sites excluding steroid dienone is 1. The summed E-state index contributed by atoms with van der Waals surface area (Å²) < 4.78 is 0. The van der Waals surface area contributed by atoms with Gasteiger partial charge >= 0.3 is 0 Å². The molecule has 4 heteroatoms. The summed E-state index contributed by atoms with van der Waals surface area (Å²) in [6, 6.07) is 14.8. The number of ketones is 1. The largest absolute Gasteiger partial charge is 0.508 e. The van der Waals surface area contributed by atoms with E-state index in [-0.39, 0.29) is 23.0 Å². The highest BCUT2D eigenvalue weighted by Gasteiger charge is 2.39. The van der Waals surface area contributed by atoms with E-state index in [0.29, 0.717) is 6.42 Å². The Morgan fingerprint density at radius 3 is 2.44 bits per heavy atom. The number of hydrogen-bond acceptors (Lipinski definition) is 4. The van der Waals surface area contributed by atoms with Gasteiger partial charge in [-0.05, 0) is 30.0 Å². The van der Waals surface area contributed by atoms with E-state index in [1.165, 1.54) is 0 Å². The highest BCUT2D eigenvalue weighted by Crippen LogP contribution is 2.46. The van der Waals surface area contributed by atoms with Gasteiger partial charge in [-0.2, -0.15) is 0 Å². The molecule has 2 aromatic carbocycles. The van der Waals surface area contributed by atoms with Crippen molar-refractivity contribution >= 4 is 17.2 Å². The molecule has 1 heterocycles. The number of Topliss-reactive ketones (excluding diaryl/α,β-unsaturated/α-hetero) is 1. The van der Waals surface area contributed by atoms with Crippen molar-refractivity contribution in [1.82, 2.24) is 0 Å². The Labute approximate surface area is 147 Å². The fraction of sp³-hybridized carbons (Fsp3) is 0.286. The van der Waals surface area contributed by atoms with Gasteiger partial charge in [0, 0.05) is 23.3 Å². The van der Waals surface area contributed by atoms with E-state index >= 15 is 0 Å². The summed E-state index contributed by atoms with van der Waals surface area (Å²) >= 11 is 0. The van der Waals surface area contributed by atoms with Crippen molar-refractivity contribution in [3.8, 4) is 5.75 Å². The monoisotopic (exact) mass is 334 g/mol. The first-order chi connectivity index (χ1) is 11.9. The molecule has 1 atom stereocenters. The predicted octanol–water partition coefficient (Wildman–Crippen LogP) is 4.61. The number of aromatic hydroxyl groups is 1. The molecule has 0 fully saturated rings. The minimum atomic E-state index is -0.365. The number of phenolic OH excluding ortho intramolecular Hbond substituents is 1. The average Bonchev–Trinajstić information content (AvgIpc) is 2.70. The summed E-state index contributed by atoms with van der Waals surface area (Å²) in [5, 5.41) is 17.3. The third kappa shape index (κ3) is 2.78. The quantitative estimate of drug-likeness (QED) is 0.712. The van der Waals surface area contributed by atoms with Crippen LogP contribution in [0.5, 0.6) is 5.75 Å². The molecule has 0 saturated carbocycles.